The number of nitro groups is 1. The Kier molecular flexibility index (Phi) is 3.08. The van der Waals surface area contributed by atoms with E-state index in [2.05, 4.69) is 0 Å². The van der Waals surface area contributed by atoms with Gasteiger partial charge in [-0.25, -0.2) is 0 Å². The van der Waals surface area contributed by atoms with Crippen molar-refractivity contribution in [3.05, 3.63) is 34.4 Å². The molecule has 0 aliphatic heterocycles. The van der Waals surface area contributed by atoms with E-state index < -0.39 is 4.92 Å². The molecule has 0 amide bonds. The Morgan fingerprint density at radius 1 is 1.12 bits per heavy atom. The lowest BCUT2D eigenvalue weighted by Gasteiger charge is -1.92. The zero-order valence-electron chi connectivity index (χ0n) is 9.13. The minimum atomic E-state index is -0.505. The van der Waals surface area contributed by atoms with Gasteiger partial charge in [-0.3, -0.25) is 10.1 Å². The minimum absolute atomic E-state index is 0.0394. The van der Waals surface area contributed by atoms with Gasteiger partial charge in [0.1, 0.15) is 5.69 Å². The van der Waals surface area contributed by atoms with E-state index in [1.54, 1.807) is 37.8 Å². The molecule has 0 aromatic heterocycles. The number of para-hydroxylation sites is 2. The second-order valence-corrected chi connectivity index (χ2v) is 4.49. The van der Waals surface area contributed by atoms with Crippen LogP contribution >= 0.6 is 0 Å². The number of nitrogens with two attached hydrogens (primary N) is 1. The molecule has 4 heteroatoms. The van der Waals surface area contributed by atoms with Crippen molar-refractivity contribution < 1.29 is 4.92 Å². The van der Waals surface area contributed by atoms with Crippen LogP contribution in [-0.2, 0) is 0 Å². The fraction of sp³-hybridized carbons (Fsp3) is 0.500. The summed E-state index contributed by atoms with van der Waals surface area (Å²) in [6, 6.07) is 6.10. The molecule has 86 valence electrons. The Morgan fingerprint density at radius 3 is 1.94 bits per heavy atom. The number of hydrogen-bond acceptors (Lipinski definition) is 3. The van der Waals surface area contributed by atoms with E-state index in [4.69, 9.17) is 5.73 Å². The first-order valence-corrected chi connectivity index (χ1v) is 5.67. The van der Waals surface area contributed by atoms with Crippen LogP contribution in [0.1, 0.15) is 25.7 Å². The first kappa shape index (κ1) is 10.9. The Morgan fingerprint density at radius 2 is 1.62 bits per heavy atom. The van der Waals surface area contributed by atoms with E-state index >= 15 is 0 Å². The monoisotopic (exact) mass is 220 g/mol. The standard InChI is InChI=1S/C6H6N2O2.C6H10/c7-5-3-1-2-4-6(5)8(9)10;1-2-5(1)6-3-4-6/h1-4H,7H2;5-6H,1-4H2. The molecular formula is C12H16N2O2. The first-order valence-electron chi connectivity index (χ1n) is 5.67. The molecule has 1 aromatic rings. The van der Waals surface area contributed by atoms with Gasteiger partial charge in [0.15, 0.2) is 0 Å². The van der Waals surface area contributed by atoms with Gasteiger partial charge in [0.05, 0.1) is 4.92 Å². The van der Waals surface area contributed by atoms with Crippen LogP contribution in [0.15, 0.2) is 24.3 Å². The molecule has 2 saturated carbocycles. The molecule has 2 aliphatic rings. The van der Waals surface area contributed by atoms with Crippen molar-refractivity contribution in [2.75, 3.05) is 5.73 Å². The van der Waals surface area contributed by atoms with Crippen molar-refractivity contribution in [3.63, 3.8) is 0 Å². The first-order chi connectivity index (χ1) is 7.68. The maximum Gasteiger partial charge on any atom is 0.292 e. The van der Waals surface area contributed by atoms with Gasteiger partial charge in [-0.1, -0.05) is 12.1 Å². The van der Waals surface area contributed by atoms with Gasteiger partial charge in [0, 0.05) is 6.07 Å². The molecule has 0 bridgehead atoms. The highest BCUT2D eigenvalue weighted by atomic mass is 16.6. The quantitative estimate of drug-likeness (QED) is 0.473. The zero-order chi connectivity index (χ0) is 11.5. The lowest BCUT2D eigenvalue weighted by Crippen LogP contribution is -1.93. The summed E-state index contributed by atoms with van der Waals surface area (Å²) in [6.45, 7) is 0. The van der Waals surface area contributed by atoms with E-state index in [1.807, 2.05) is 0 Å². The molecule has 0 atom stereocenters. The molecule has 16 heavy (non-hydrogen) atoms. The molecule has 3 rings (SSSR count). The van der Waals surface area contributed by atoms with E-state index in [0.717, 1.165) is 0 Å². The van der Waals surface area contributed by atoms with Gasteiger partial charge in [-0.05, 0) is 43.6 Å². The third-order valence-electron chi connectivity index (χ3n) is 3.04. The lowest BCUT2D eigenvalue weighted by atomic mass is 10.3. The van der Waals surface area contributed by atoms with Crippen molar-refractivity contribution in [3.8, 4) is 0 Å². The van der Waals surface area contributed by atoms with E-state index in [9.17, 15) is 10.1 Å². The second kappa shape index (κ2) is 4.51. The summed E-state index contributed by atoms with van der Waals surface area (Å²) in [6.07, 6.45) is 6.24. The number of nitro benzene ring substituents is 1. The third-order valence-corrected chi connectivity index (χ3v) is 3.04. The maximum atomic E-state index is 10.1. The number of benzene rings is 1. The second-order valence-electron chi connectivity index (χ2n) is 4.49. The average Bonchev–Trinajstić information content (AvgIpc) is 3.09. The molecule has 0 saturated heterocycles. The fourth-order valence-electron chi connectivity index (χ4n) is 1.79. The molecule has 2 fully saturated rings. The summed E-state index contributed by atoms with van der Waals surface area (Å²) < 4.78 is 0. The third kappa shape index (κ3) is 2.95. The molecule has 0 unspecified atom stereocenters. The van der Waals surface area contributed by atoms with Gasteiger partial charge < -0.3 is 5.73 Å². The van der Waals surface area contributed by atoms with Crippen molar-refractivity contribution in [1.82, 2.24) is 0 Å². The smallest absolute Gasteiger partial charge is 0.292 e. The SMILES string of the molecule is C1CC1C1CC1.Nc1ccccc1[N+](=O)[O-]. The summed E-state index contributed by atoms with van der Waals surface area (Å²) in [4.78, 5) is 9.64. The average molecular weight is 220 g/mol. The van der Waals surface area contributed by atoms with Crippen LogP contribution in [0.2, 0.25) is 0 Å². The van der Waals surface area contributed by atoms with Crippen LogP contribution in [0.4, 0.5) is 11.4 Å². The Bertz CT molecular complexity index is 374. The Hall–Kier alpha value is -1.58. The van der Waals surface area contributed by atoms with Gasteiger partial charge in [-0.2, -0.15) is 0 Å². The molecule has 1 aromatic carbocycles. The normalized spacial score (nSPS) is 18.5. The lowest BCUT2D eigenvalue weighted by molar-refractivity contribution is -0.383. The molecule has 2 aliphatic carbocycles. The highest BCUT2D eigenvalue weighted by Gasteiger charge is 2.37. The van der Waals surface area contributed by atoms with E-state index in [0.29, 0.717) is 0 Å². The largest absolute Gasteiger partial charge is 0.393 e. The van der Waals surface area contributed by atoms with Crippen LogP contribution in [0.5, 0.6) is 0 Å². The molecule has 4 nitrogen and oxygen atoms in total. The highest BCUT2D eigenvalue weighted by Crippen LogP contribution is 2.49. The zero-order valence-corrected chi connectivity index (χ0v) is 9.13. The van der Waals surface area contributed by atoms with Crippen LogP contribution < -0.4 is 5.73 Å². The van der Waals surface area contributed by atoms with Crippen molar-refractivity contribution >= 4 is 11.4 Å². The predicted molar refractivity (Wildman–Crippen MR) is 63.0 cm³/mol. The number of anilines is 1. The van der Waals surface area contributed by atoms with E-state index in [-0.39, 0.29) is 11.4 Å². The van der Waals surface area contributed by atoms with Crippen LogP contribution in [0.3, 0.4) is 0 Å². The number of hydrogen-bond donors (Lipinski definition) is 1. The van der Waals surface area contributed by atoms with Crippen molar-refractivity contribution in [2.24, 2.45) is 11.8 Å². The molecule has 0 heterocycles. The van der Waals surface area contributed by atoms with Crippen LogP contribution in [-0.4, -0.2) is 4.92 Å². The summed E-state index contributed by atoms with van der Waals surface area (Å²) >= 11 is 0. The predicted octanol–water partition coefficient (Wildman–Crippen LogP) is 2.98. The summed E-state index contributed by atoms with van der Waals surface area (Å²) in [5, 5.41) is 10.1. The van der Waals surface area contributed by atoms with Gasteiger partial charge in [0.2, 0.25) is 0 Å². The molecule has 0 spiro atoms. The Labute approximate surface area is 94.6 Å². The van der Waals surface area contributed by atoms with Crippen molar-refractivity contribution in [1.29, 1.82) is 0 Å². The minimum Gasteiger partial charge on any atom is -0.393 e. The van der Waals surface area contributed by atoms with E-state index in [1.165, 1.54) is 24.0 Å². The number of rotatable bonds is 2. The summed E-state index contributed by atoms with van der Waals surface area (Å²) in [7, 11) is 0. The summed E-state index contributed by atoms with van der Waals surface area (Å²) in [5.74, 6) is 2.43. The Balaban J connectivity index is 0.000000134. The highest BCUT2D eigenvalue weighted by molar-refractivity contribution is 5.57. The van der Waals surface area contributed by atoms with Crippen LogP contribution in [0, 0.1) is 22.0 Å². The molecule has 2 N–H and O–H groups in total. The van der Waals surface area contributed by atoms with Gasteiger partial charge >= 0.3 is 0 Å². The molecule has 0 radical (unpaired) electrons. The number of nitrogens with zero attached hydrogens (tertiary/aromatic N) is 1. The maximum absolute atomic E-state index is 10.1. The summed E-state index contributed by atoms with van der Waals surface area (Å²) in [5.41, 5.74) is 5.44. The number of nitrogen functional groups attached to an aromatic ring is 1. The van der Waals surface area contributed by atoms with Gasteiger partial charge in [0.25, 0.3) is 5.69 Å². The fourth-order valence-corrected chi connectivity index (χ4v) is 1.79. The van der Waals surface area contributed by atoms with Crippen molar-refractivity contribution in [2.45, 2.75) is 25.7 Å². The topological polar surface area (TPSA) is 69.2 Å². The van der Waals surface area contributed by atoms with Crippen LogP contribution in [0.25, 0.3) is 0 Å². The molecular weight excluding hydrogens is 204 g/mol. The van der Waals surface area contributed by atoms with Gasteiger partial charge in [-0.15, -0.1) is 0 Å².